The van der Waals surface area contributed by atoms with Gasteiger partial charge >= 0.3 is 0 Å². The SMILES string of the molecule is O=C(Nc1cc(Cl)cc(Cl)c1)[C@@H]([NH2+]CCCN1CCCC1=O)c1ccccc1. The van der Waals surface area contributed by atoms with E-state index in [0.29, 0.717) is 22.2 Å². The molecule has 2 aromatic carbocycles. The molecule has 1 saturated heterocycles. The number of nitrogens with one attached hydrogen (secondary N) is 1. The number of hydrogen-bond donors (Lipinski definition) is 2. The summed E-state index contributed by atoms with van der Waals surface area (Å²) in [7, 11) is 0. The van der Waals surface area contributed by atoms with Gasteiger partial charge < -0.3 is 15.5 Å². The molecule has 0 bridgehead atoms. The van der Waals surface area contributed by atoms with E-state index in [1.807, 2.05) is 40.5 Å². The van der Waals surface area contributed by atoms with E-state index in [0.717, 1.165) is 38.0 Å². The number of rotatable bonds is 8. The van der Waals surface area contributed by atoms with Gasteiger partial charge in [0.15, 0.2) is 6.04 Å². The molecule has 28 heavy (non-hydrogen) atoms. The monoisotopic (exact) mass is 420 g/mol. The number of likely N-dealkylation sites (tertiary alicyclic amines) is 1. The predicted molar refractivity (Wildman–Crippen MR) is 111 cm³/mol. The van der Waals surface area contributed by atoms with Crippen molar-refractivity contribution >= 4 is 40.7 Å². The van der Waals surface area contributed by atoms with E-state index in [1.54, 1.807) is 18.2 Å². The number of nitrogens with zero attached hydrogens (tertiary/aromatic N) is 1. The Morgan fingerprint density at radius 2 is 1.86 bits per heavy atom. The van der Waals surface area contributed by atoms with Crippen LogP contribution in [-0.4, -0.2) is 36.3 Å². The summed E-state index contributed by atoms with van der Waals surface area (Å²) in [5.74, 6) is 0.0944. The van der Waals surface area contributed by atoms with Crippen molar-refractivity contribution in [3.8, 4) is 0 Å². The Morgan fingerprint density at radius 3 is 2.50 bits per heavy atom. The first kappa shape index (κ1) is 20.6. The minimum Gasteiger partial charge on any atom is -0.342 e. The molecule has 1 fully saturated rings. The highest BCUT2D eigenvalue weighted by Gasteiger charge is 2.25. The second-order valence-electron chi connectivity index (χ2n) is 6.90. The quantitative estimate of drug-likeness (QED) is 0.643. The number of hydrogen-bond acceptors (Lipinski definition) is 2. The lowest BCUT2D eigenvalue weighted by atomic mass is 10.1. The summed E-state index contributed by atoms with van der Waals surface area (Å²) in [4.78, 5) is 26.6. The number of amides is 2. The Hall–Kier alpha value is -2.08. The van der Waals surface area contributed by atoms with E-state index in [4.69, 9.17) is 23.2 Å². The predicted octanol–water partition coefficient (Wildman–Crippen LogP) is 3.25. The summed E-state index contributed by atoms with van der Waals surface area (Å²) in [6.07, 6.45) is 2.44. The molecule has 0 aliphatic carbocycles. The number of quaternary nitrogens is 1. The van der Waals surface area contributed by atoms with Gasteiger partial charge in [-0.15, -0.1) is 0 Å². The molecule has 2 aromatic rings. The van der Waals surface area contributed by atoms with Crippen molar-refractivity contribution in [3.63, 3.8) is 0 Å². The molecule has 5 nitrogen and oxygen atoms in total. The third kappa shape index (κ3) is 5.71. The zero-order valence-electron chi connectivity index (χ0n) is 15.5. The molecular weight excluding hydrogens is 397 g/mol. The van der Waals surface area contributed by atoms with Crippen LogP contribution < -0.4 is 10.6 Å². The van der Waals surface area contributed by atoms with Crippen LogP contribution in [-0.2, 0) is 9.59 Å². The smallest absolute Gasteiger partial charge is 0.287 e. The molecule has 2 amide bonds. The molecule has 0 unspecified atom stereocenters. The zero-order valence-corrected chi connectivity index (χ0v) is 17.0. The Kier molecular flexibility index (Phi) is 7.31. The first-order valence-electron chi connectivity index (χ1n) is 9.46. The normalized spacial score (nSPS) is 14.9. The van der Waals surface area contributed by atoms with Crippen molar-refractivity contribution in [2.24, 2.45) is 0 Å². The molecule has 7 heteroatoms. The van der Waals surface area contributed by atoms with Gasteiger partial charge in [0.25, 0.3) is 5.91 Å². The third-order valence-corrected chi connectivity index (χ3v) is 5.21. The first-order valence-corrected chi connectivity index (χ1v) is 10.2. The van der Waals surface area contributed by atoms with Crippen LogP contribution in [0.25, 0.3) is 0 Å². The maximum atomic E-state index is 12.9. The van der Waals surface area contributed by atoms with E-state index in [1.165, 1.54) is 0 Å². The molecule has 1 aliphatic heterocycles. The van der Waals surface area contributed by atoms with Crippen LogP contribution >= 0.6 is 23.2 Å². The maximum Gasteiger partial charge on any atom is 0.287 e. The number of nitrogens with two attached hydrogens (primary N) is 1. The summed E-state index contributed by atoms with van der Waals surface area (Å²) in [6.45, 7) is 2.33. The Labute approximate surface area is 175 Å². The van der Waals surface area contributed by atoms with Crippen molar-refractivity contribution in [1.82, 2.24) is 4.90 Å². The Morgan fingerprint density at radius 1 is 1.14 bits per heavy atom. The summed E-state index contributed by atoms with van der Waals surface area (Å²) < 4.78 is 0. The number of anilines is 1. The molecule has 0 spiro atoms. The highest BCUT2D eigenvalue weighted by Crippen LogP contribution is 2.23. The lowest BCUT2D eigenvalue weighted by molar-refractivity contribution is -0.682. The van der Waals surface area contributed by atoms with Crippen LogP contribution in [0, 0.1) is 0 Å². The second kappa shape index (κ2) is 9.92. The van der Waals surface area contributed by atoms with E-state index >= 15 is 0 Å². The van der Waals surface area contributed by atoms with Gasteiger partial charge in [-0.2, -0.15) is 0 Å². The van der Waals surface area contributed by atoms with Gasteiger partial charge in [0.1, 0.15) is 0 Å². The average molecular weight is 421 g/mol. The second-order valence-corrected chi connectivity index (χ2v) is 7.77. The summed E-state index contributed by atoms with van der Waals surface area (Å²) >= 11 is 12.1. The maximum absolute atomic E-state index is 12.9. The lowest BCUT2D eigenvalue weighted by Crippen LogP contribution is -2.87. The van der Waals surface area contributed by atoms with Crippen molar-refractivity contribution in [2.45, 2.75) is 25.3 Å². The van der Waals surface area contributed by atoms with Crippen molar-refractivity contribution in [3.05, 3.63) is 64.1 Å². The Balaban J connectivity index is 1.63. The van der Waals surface area contributed by atoms with Crippen molar-refractivity contribution in [1.29, 1.82) is 0 Å². The van der Waals surface area contributed by atoms with E-state index in [-0.39, 0.29) is 11.8 Å². The van der Waals surface area contributed by atoms with Gasteiger partial charge in [0.2, 0.25) is 5.91 Å². The molecule has 1 atom stereocenters. The number of carbonyl (C=O) groups is 2. The molecule has 0 aromatic heterocycles. The summed E-state index contributed by atoms with van der Waals surface area (Å²) in [5.41, 5.74) is 1.49. The van der Waals surface area contributed by atoms with Gasteiger partial charge in [-0.25, -0.2) is 0 Å². The van der Waals surface area contributed by atoms with Gasteiger partial charge in [-0.05, 0) is 24.6 Å². The summed E-state index contributed by atoms with van der Waals surface area (Å²) in [5, 5.41) is 5.86. The van der Waals surface area contributed by atoms with Crippen molar-refractivity contribution in [2.75, 3.05) is 25.0 Å². The molecule has 3 N–H and O–H groups in total. The lowest BCUT2D eigenvalue weighted by Gasteiger charge is -2.18. The molecule has 0 radical (unpaired) electrons. The van der Waals surface area contributed by atoms with Crippen molar-refractivity contribution < 1.29 is 14.9 Å². The molecular formula is C21H24Cl2N3O2+. The van der Waals surface area contributed by atoms with Crippen LogP contribution in [0.5, 0.6) is 0 Å². The number of benzene rings is 2. The van der Waals surface area contributed by atoms with Crippen LogP contribution in [0.4, 0.5) is 5.69 Å². The van der Waals surface area contributed by atoms with Crippen LogP contribution in [0.2, 0.25) is 10.0 Å². The third-order valence-electron chi connectivity index (χ3n) is 4.78. The molecule has 1 aliphatic rings. The topological polar surface area (TPSA) is 66.0 Å². The fourth-order valence-corrected chi connectivity index (χ4v) is 3.93. The van der Waals surface area contributed by atoms with Crippen LogP contribution in [0.3, 0.4) is 0 Å². The minimum absolute atomic E-state index is 0.137. The van der Waals surface area contributed by atoms with Gasteiger partial charge in [-0.3, -0.25) is 9.59 Å². The number of halogens is 2. The van der Waals surface area contributed by atoms with Crippen LogP contribution in [0.15, 0.2) is 48.5 Å². The van der Waals surface area contributed by atoms with E-state index < -0.39 is 6.04 Å². The molecule has 148 valence electrons. The van der Waals surface area contributed by atoms with Crippen LogP contribution in [0.1, 0.15) is 30.9 Å². The first-order chi connectivity index (χ1) is 13.5. The standard InChI is InChI=1S/C21H23Cl2N3O2/c22-16-12-17(23)14-18(13-16)25-21(28)20(15-6-2-1-3-7-15)24-9-5-11-26-10-4-8-19(26)27/h1-3,6-7,12-14,20,24H,4-5,8-11H2,(H,25,28)/p+1/t20-/m0/s1. The highest BCUT2D eigenvalue weighted by molar-refractivity contribution is 6.35. The molecule has 1 heterocycles. The largest absolute Gasteiger partial charge is 0.342 e. The summed E-state index contributed by atoms with van der Waals surface area (Å²) in [6, 6.07) is 14.2. The fourth-order valence-electron chi connectivity index (χ4n) is 3.41. The fraction of sp³-hybridized carbons (Fsp3) is 0.333. The average Bonchev–Trinajstić information content (AvgIpc) is 3.06. The van der Waals surface area contributed by atoms with Gasteiger partial charge in [0, 0.05) is 47.2 Å². The van der Waals surface area contributed by atoms with Gasteiger partial charge in [0.05, 0.1) is 6.54 Å². The highest BCUT2D eigenvalue weighted by atomic mass is 35.5. The van der Waals surface area contributed by atoms with Gasteiger partial charge in [-0.1, -0.05) is 53.5 Å². The van der Waals surface area contributed by atoms with E-state index in [2.05, 4.69) is 5.32 Å². The minimum atomic E-state index is -0.395. The Bertz CT molecular complexity index is 809. The molecule has 0 saturated carbocycles. The molecule has 3 rings (SSSR count). The van der Waals surface area contributed by atoms with E-state index in [9.17, 15) is 9.59 Å². The number of carbonyl (C=O) groups excluding carboxylic acids is 2. The zero-order chi connectivity index (χ0) is 19.9.